The molecule has 0 radical (unpaired) electrons. The number of benzene rings is 2. The second-order valence-electron chi connectivity index (χ2n) is 8.94. The van der Waals surface area contributed by atoms with Crippen LogP contribution < -0.4 is 5.32 Å². The molecule has 2 amide bonds. The zero-order valence-electron chi connectivity index (χ0n) is 20.6. The Balaban J connectivity index is 1.30. The minimum atomic E-state index is -3.76. The fourth-order valence-electron chi connectivity index (χ4n) is 4.71. The molecule has 0 atom stereocenters. The van der Waals surface area contributed by atoms with Crippen molar-refractivity contribution in [3.05, 3.63) is 71.4 Å². The number of hydrogen-bond donors (Lipinski definition) is 1. The first-order valence-corrected chi connectivity index (χ1v) is 13.8. The second-order valence-corrected chi connectivity index (χ2v) is 10.9. The molecular formula is C26H29N5O5S. The Kier molecular flexibility index (Phi) is 6.98. The number of piperazine rings is 1. The van der Waals surface area contributed by atoms with E-state index in [4.69, 9.17) is 9.84 Å². The average molecular weight is 524 g/mol. The number of amides is 2. The van der Waals surface area contributed by atoms with E-state index in [1.165, 1.54) is 33.5 Å². The second kappa shape index (κ2) is 10.3. The highest BCUT2D eigenvalue weighted by molar-refractivity contribution is 7.89. The molecule has 0 saturated carbocycles. The molecule has 1 aliphatic carbocycles. The van der Waals surface area contributed by atoms with Crippen LogP contribution in [0.2, 0.25) is 0 Å². The Morgan fingerprint density at radius 3 is 2.35 bits per heavy atom. The van der Waals surface area contributed by atoms with Gasteiger partial charge in [0.05, 0.1) is 22.9 Å². The zero-order valence-corrected chi connectivity index (χ0v) is 21.4. The standard InChI is InChI=1S/C26H29N5O5S/c1-2-36-26(33)29-15-17-30(18-16-29)37(34,35)21-13-11-19(12-14-21)25(32)27-24-22-9-6-10-23(22)28-31(24)20-7-4-3-5-8-20/h3-5,7-8,11-14H,2,6,9-10,15-18H2,1H3,(H,27,32). The van der Waals surface area contributed by atoms with Gasteiger partial charge in [0.1, 0.15) is 5.82 Å². The van der Waals surface area contributed by atoms with Crippen LogP contribution in [0.3, 0.4) is 0 Å². The van der Waals surface area contributed by atoms with Crippen LogP contribution in [-0.4, -0.2) is 72.2 Å². The predicted octanol–water partition coefficient (Wildman–Crippen LogP) is 3.08. The molecule has 1 fully saturated rings. The Bertz CT molecular complexity index is 1400. The normalized spacial score (nSPS) is 15.9. The van der Waals surface area contributed by atoms with E-state index in [9.17, 15) is 18.0 Å². The Labute approximate surface area is 215 Å². The summed E-state index contributed by atoms with van der Waals surface area (Å²) in [4.78, 5) is 26.6. The van der Waals surface area contributed by atoms with Crippen molar-refractivity contribution < 1.29 is 22.7 Å². The molecule has 2 aliphatic rings. The van der Waals surface area contributed by atoms with Gasteiger partial charge >= 0.3 is 6.09 Å². The van der Waals surface area contributed by atoms with E-state index in [-0.39, 0.29) is 43.6 Å². The number of aryl methyl sites for hydroxylation is 1. The molecule has 1 N–H and O–H groups in total. The lowest BCUT2D eigenvalue weighted by molar-refractivity contribution is 0.0933. The van der Waals surface area contributed by atoms with Crippen LogP contribution in [0.1, 0.15) is 35.0 Å². The quantitative estimate of drug-likeness (QED) is 0.531. The van der Waals surface area contributed by atoms with E-state index >= 15 is 0 Å². The van der Waals surface area contributed by atoms with Gasteiger partial charge in [-0.15, -0.1) is 0 Å². The first-order chi connectivity index (χ1) is 17.9. The van der Waals surface area contributed by atoms with E-state index < -0.39 is 16.1 Å². The summed E-state index contributed by atoms with van der Waals surface area (Å²) in [7, 11) is -3.76. The van der Waals surface area contributed by atoms with Crippen molar-refractivity contribution in [3.63, 3.8) is 0 Å². The highest BCUT2D eigenvalue weighted by Crippen LogP contribution is 2.31. The summed E-state index contributed by atoms with van der Waals surface area (Å²) in [6, 6.07) is 15.6. The molecule has 2 heterocycles. The molecule has 1 aromatic heterocycles. The first kappa shape index (κ1) is 25.0. The van der Waals surface area contributed by atoms with E-state index in [1.807, 2.05) is 30.3 Å². The summed E-state index contributed by atoms with van der Waals surface area (Å²) in [5.74, 6) is 0.318. The van der Waals surface area contributed by atoms with Crippen molar-refractivity contribution in [2.75, 3.05) is 38.1 Å². The summed E-state index contributed by atoms with van der Waals surface area (Å²) in [5, 5.41) is 7.72. The Hall–Kier alpha value is -3.70. The number of ether oxygens (including phenoxy) is 1. The van der Waals surface area contributed by atoms with Crippen molar-refractivity contribution in [1.29, 1.82) is 0 Å². The molecule has 5 rings (SSSR count). The Morgan fingerprint density at radius 2 is 1.68 bits per heavy atom. The molecule has 1 aliphatic heterocycles. The first-order valence-electron chi connectivity index (χ1n) is 12.4. The van der Waals surface area contributed by atoms with Gasteiger partial charge in [0, 0.05) is 37.3 Å². The third-order valence-corrected chi connectivity index (χ3v) is 8.57. The monoisotopic (exact) mass is 523 g/mol. The topological polar surface area (TPSA) is 114 Å². The van der Waals surface area contributed by atoms with Crippen LogP contribution in [0.4, 0.5) is 10.6 Å². The van der Waals surface area contributed by atoms with Crippen molar-refractivity contribution in [1.82, 2.24) is 19.0 Å². The molecule has 1 saturated heterocycles. The predicted molar refractivity (Wildman–Crippen MR) is 137 cm³/mol. The number of nitrogens with one attached hydrogen (secondary N) is 1. The number of hydrogen-bond acceptors (Lipinski definition) is 6. The molecule has 10 nitrogen and oxygen atoms in total. The third-order valence-electron chi connectivity index (χ3n) is 6.66. The van der Waals surface area contributed by atoms with Crippen LogP contribution >= 0.6 is 0 Å². The highest BCUT2D eigenvalue weighted by Gasteiger charge is 2.31. The molecule has 37 heavy (non-hydrogen) atoms. The lowest BCUT2D eigenvalue weighted by Crippen LogP contribution is -2.50. The third kappa shape index (κ3) is 4.96. The maximum Gasteiger partial charge on any atom is 0.409 e. The highest BCUT2D eigenvalue weighted by atomic mass is 32.2. The number of rotatable bonds is 6. The van der Waals surface area contributed by atoms with E-state index in [0.717, 1.165) is 36.2 Å². The number of aromatic nitrogens is 2. The lowest BCUT2D eigenvalue weighted by Gasteiger charge is -2.33. The summed E-state index contributed by atoms with van der Waals surface area (Å²) < 4.78 is 34.4. The maximum absolute atomic E-state index is 13.1. The van der Waals surface area contributed by atoms with Gasteiger partial charge in [-0.25, -0.2) is 17.9 Å². The van der Waals surface area contributed by atoms with Crippen LogP contribution in [-0.2, 0) is 27.6 Å². The number of para-hydroxylation sites is 1. The molecule has 2 aromatic carbocycles. The maximum atomic E-state index is 13.1. The van der Waals surface area contributed by atoms with Gasteiger partial charge in [-0.2, -0.15) is 9.40 Å². The molecule has 0 bridgehead atoms. The summed E-state index contributed by atoms with van der Waals surface area (Å²) >= 11 is 0. The van der Waals surface area contributed by atoms with Gasteiger partial charge < -0.3 is 15.0 Å². The SMILES string of the molecule is CCOC(=O)N1CCN(S(=O)(=O)c2ccc(C(=O)Nc3c4c(nn3-c3ccccc3)CCC4)cc2)CC1. The summed E-state index contributed by atoms with van der Waals surface area (Å²) in [6.07, 6.45) is 2.28. The average Bonchev–Trinajstić information content (AvgIpc) is 3.52. The molecule has 0 spiro atoms. The Morgan fingerprint density at radius 1 is 0.973 bits per heavy atom. The fourth-order valence-corrected chi connectivity index (χ4v) is 6.13. The molecule has 3 aromatic rings. The van der Waals surface area contributed by atoms with Crippen LogP contribution in [0.15, 0.2) is 59.5 Å². The van der Waals surface area contributed by atoms with Crippen molar-refractivity contribution in [2.24, 2.45) is 0 Å². The number of carbonyl (C=O) groups is 2. The van der Waals surface area contributed by atoms with Gasteiger partial charge in [-0.1, -0.05) is 18.2 Å². The number of anilines is 1. The van der Waals surface area contributed by atoms with Crippen LogP contribution in [0.5, 0.6) is 0 Å². The largest absolute Gasteiger partial charge is 0.450 e. The van der Waals surface area contributed by atoms with Crippen LogP contribution in [0.25, 0.3) is 5.69 Å². The van der Waals surface area contributed by atoms with E-state index in [1.54, 1.807) is 11.6 Å². The van der Waals surface area contributed by atoms with Crippen molar-refractivity contribution in [3.8, 4) is 5.69 Å². The summed E-state index contributed by atoms with van der Waals surface area (Å²) in [6.45, 7) is 2.88. The zero-order chi connectivity index (χ0) is 26.0. The van der Waals surface area contributed by atoms with Gasteiger partial charge in [0.2, 0.25) is 10.0 Å². The van der Waals surface area contributed by atoms with Gasteiger partial charge in [-0.3, -0.25) is 4.79 Å². The molecule has 0 unspecified atom stereocenters. The number of fused-ring (bicyclic) bond motifs is 1. The lowest BCUT2D eigenvalue weighted by atomic mass is 10.2. The fraction of sp³-hybridized carbons (Fsp3) is 0.346. The smallest absolute Gasteiger partial charge is 0.409 e. The van der Waals surface area contributed by atoms with Gasteiger partial charge in [0.25, 0.3) is 5.91 Å². The number of sulfonamides is 1. The number of carbonyl (C=O) groups excluding carboxylic acids is 2. The molecular weight excluding hydrogens is 494 g/mol. The van der Waals surface area contributed by atoms with Gasteiger partial charge in [-0.05, 0) is 62.6 Å². The van der Waals surface area contributed by atoms with Crippen molar-refractivity contribution in [2.45, 2.75) is 31.1 Å². The summed E-state index contributed by atoms with van der Waals surface area (Å²) in [5.41, 5.74) is 3.23. The van der Waals surface area contributed by atoms with Crippen LogP contribution in [0, 0.1) is 0 Å². The minimum absolute atomic E-state index is 0.101. The molecule has 11 heteroatoms. The van der Waals surface area contributed by atoms with E-state index in [0.29, 0.717) is 11.4 Å². The minimum Gasteiger partial charge on any atom is -0.450 e. The molecule has 194 valence electrons. The van der Waals surface area contributed by atoms with Crippen molar-refractivity contribution >= 4 is 27.8 Å². The number of nitrogens with zero attached hydrogens (tertiary/aromatic N) is 4. The van der Waals surface area contributed by atoms with Gasteiger partial charge in [0.15, 0.2) is 0 Å². The van der Waals surface area contributed by atoms with E-state index in [2.05, 4.69) is 5.32 Å².